The lowest BCUT2D eigenvalue weighted by atomic mass is 10.1. The van der Waals surface area contributed by atoms with Crippen LogP contribution in [0.3, 0.4) is 0 Å². The molecule has 2 aromatic carbocycles. The average Bonchev–Trinajstić information content (AvgIpc) is 2.72. The number of benzene rings is 2. The summed E-state index contributed by atoms with van der Waals surface area (Å²) in [5.74, 6) is -0.348. The Bertz CT molecular complexity index is 711. The topological polar surface area (TPSA) is 79.8 Å². The molecule has 6 nitrogen and oxygen atoms in total. The van der Waals surface area contributed by atoms with Crippen molar-refractivity contribution in [2.75, 3.05) is 14.2 Å². The van der Waals surface area contributed by atoms with Crippen molar-refractivity contribution in [3.8, 4) is 0 Å². The minimum Gasteiger partial charge on any atom is -0.376 e. The van der Waals surface area contributed by atoms with E-state index in [9.17, 15) is 9.90 Å². The summed E-state index contributed by atoms with van der Waals surface area (Å²) in [6.07, 6.45) is -2.94. The van der Waals surface area contributed by atoms with E-state index in [1.165, 1.54) is 14.2 Å². The summed E-state index contributed by atoms with van der Waals surface area (Å²) in [5, 5.41) is 16.6. The maximum Gasteiger partial charge on any atom is 0.252 e. The maximum atomic E-state index is 12.8. The number of nitrogens with one attached hydrogen (secondary N) is 2. The second kappa shape index (κ2) is 10.9. The molecule has 0 aliphatic carbocycles. The van der Waals surface area contributed by atoms with Crippen LogP contribution in [0.5, 0.6) is 0 Å². The zero-order valence-corrected chi connectivity index (χ0v) is 16.8. The number of hydrogen-bond acceptors (Lipinski definition) is 5. The maximum absolute atomic E-state index is 12.8. The van der Waals surface area contributed by atoms with E-state index in [4.69, 9.17) is 9.47 Å². The molecule has 1 amide bonds. The first-order chi connectivity index (χ1) is 13.5. The first-order valence-electron chi connectivity index (χ1n) is 9.38. The molecule has 0 heterocycles. The smallest absolute Gasteiger partial charge is 0.252 e. The van der Waals surface area contributed by atoms with Crippen LogP contribution in [0.1, 0.15) is 37.1 Å². The number of amides is 1. The number of rotatable bonds is 10. The Morgan fingerprint density at radius 2 is 1.36 bits per heavy atom. The minimum atomic E-state index is -1.09. The molecule has 5 unspecified atom stereocenters. The zero-order chi connectivity index (χ0) is 20.5. The normalized spacial score (nSPS) is 16.6. The predicted octanol–water partition coefficient (Wildman–Crippen LogP) is 2.56. The molecule has 0 bridgehead atoms. The predicted molar refractivity (Wildman–Crippen MR) is 109 cm³/mol. The molecule has 0 aliphatic rings. The van der Waals surface area contributed by atoms with Crippen LogP contribution in [0, 0.1) is 0 Å². The Morgan fingerprint density at radius 3 is 1.82 bits per heavy atom. The summed E-state index contributed by atoms with van der Waals surface area (Å²) < 4.78 is 10.8. The molecular formula is C22H30N2O4. The molecule has 0 fully saturated rings. The van der Waals surface area contributed by atoms with Gasteiger partial charge in [-0.15, -0.1) is 0 Å². The van der Waals surface area contributed by atoms with E-state index in [0.717, 1.165) is 11.1 Å². The molecule has 6 heteroatoms. The summed E-state index contributed by atoms with van der Waals surface area (Å²) in [6.45, 7) is 3.83. The Kier molecular flexibility index (Phi) is 8.60. The van der Waals surface area contributed by atoms with Crippen LogP contribution in [0.25, 0.3) is 0 Å². The lowest BCUT2D eigenvalue weighted by Crippen LogP contribution is -2.54. The summed E-state index contributed by atoms with van der Waals surface area (Å²) in [7, 11) is 2.87. The lowest BCUT2D eigenvalue weighted by Gasteiger charge is -2.31. The van der Waals surface area contributed by atoms with Crippen molar-refractivity contribution >= 4 is 5.91 Å². The lowest BCUT2D eigenvalue weighted by molar-refractivity contribution is -0.151. The number of methoxy groups -OCH3 is 2. The van der Waals surface area contributed by atoms with E-state index in [1.807, 2.05) is 74.5 Å². The second-order valence-corrected chi connectivity index (χ2v) is 6.74. The van der Waals surface area contributed by atoms with Gasteiger partial charge >= 0.3 is 0 Å². The van der Waals surface area contributed by atoms with Gasteiger partial charge in [0.05, 0.1) is 6.04 Å². The van der Waals surface area contributed by atoms with Gasteiger partial charge in [0.25, 0.3) is 5.91 Å². The fraction of sp³-hybridized carbons (Fsp3) is 0.409. The standard InChI is InChI=1S/C22H30N2O4/c1-15(17-11-7-5-8-12-17)23-21(25)19(27-3)20(28-4)22(26)24-16(2)18-13-9-6-10-14-18/h5-16,19-21,23,25H,1-4H3,(H,24,26). The highest BCUT2D eigenvalue weighted by molar-refractivity contribution is 5.82. The van der Waals surface area contributed by atoms with Crippen molar-refractivity contribution in [2.24, 2.45) is 0 Å². The number of carbonyl (C=O) groups is 1. The summed E-state index contributed by atoms with van der Waals surface area (Å²) in [6, 6.07) is 19.1. The minimum absolute atomic E-state index is 0.127. The number of hydrogen-bond donors (Lipinski definition) is 3. The Morgan fingerprint density at radius 1 is 0.857 bits per heavy atom. The van der Waals surface area contributed by atoms with Gasteiger partial charge in [0.1, 0.15) is 12.3 Å². The van der Waals surface area contributed by atoms with Crippen LogP contribution >= 0.6 is 0 Å². The van der Waals surface area contributed by atoms with Gasteiger partial charge in [-0.2, -0.15) is 0 Å². The second-order valence-electron chi connectivity index (χ2n) is 6.74. The van der Waals surface area contributed by atoms with Gasteiger partial charge in [0.15, 0.2) is 6.10 Å². The molecule has 28 heavy (non-hydrogen) atoms. The average molecular weight is 386 g/mol. The highest BCUT2D eigenvalue weighted by Crippen LogP contribution is 2.17. The molecule has 0 saturated heterocycles. The monoisotopic (exact) mass is 386 g/mol. The van der Waals surface area contributed by atoms with Crippen molar-refractivity contribution in [2.45, 2.75) is 44.4 Å². The van der Waals surface area contributed by atoms with Gasteiger partial charge in [-0.05, 0) is 25.0 Å². The molecule has 5 atom stereocenters. The summed E-state index contributed by atoms with van der Waals surface area (Å²) in [4.78, 5) is 12.8. The van der Waals surface area contributed by atoms with E-state index in [2.05, 4.69) is 10.6 Å². The zero-order valence-electron chi connectivity index (χ0n) is 16.8. The highest BCUT2D eigenvalue weighted by Gasteiger charge is 2.35. The SMILES string of the molecule is COC(C(=O)NC(C)c1ccccc1)C(OC)C(O)NC(C)c1ccccc1. The molecular weight excluding hydrogens is 356 g/mol. The quantitative estimate of drug-likeness (QED) is 0.547. The first kappa shape index (κ1) is 22.0. The van der Waals surface area contributed by atoms with E-state index >= 15 is 0 Å². The largest absolute Gasteiger partial charge is 0.376 e. The van der Waals surface area contributed by atoms with Crippen molar-refractivity contribution < 1.29 is 19.4 Å². The fourth-order valence-electron chi connectivity index (χ4n) is 3.12. The van der Waals surface area contributed by atoms with Gasteiger partial charge in [0.2, 0.25) is 0 Å². The van der Waals surface area contributed by atoms with Crippen LogP contribution in [-0.4, -0.2) is 43.7 Å². The molecule has 0 radical (unpaired) electrons. The van der Waals surface area contributed by atoms with E-state index < -0.39 is 18.4 Å². The van der Waals surface area contributed by atoms with Crippen LogP contribution in [0.2, 0.25) is 0 Å². The molecule has 0 aromatic heterocycles. The van der Waals surface area contributed by atoms with Gasteiger partial charge in [-0.3, -0.25) is 10.1 Å². The molecule has 0 saturated carbocycles. The van der Waals surface area contributed by atoms with E-state index in [0.29, 0.717) is 0 Å². The third-order valence-corrected chi connectivity index (χ3v) is 4.77. The number of aliphatic hydroxyl groups excluding tert-OH is 1. The molecule has 0 aliphatic heterocycles. The highest BCUT2D eigenvalue weighted by atomic mass is 16.5. The fourth-order valence-corrected chi connectivity index (χ4v) is 3.12. The Labute approximate surface area is 166 Å². The van der Waals surface area contributed by atoms with E-state index in [-0.39, 0.29) is 18.0 Å². The van der Waals surface area contributed by atoms with Crippen LogP contribution < -0.4 is 10.6 Å². The van der Waals surface area contributed by atoms with Gasteiger partial charge in [-0.25, -0.2) is 0 Å². The van der Waals surface area contributed by atoms with Crippen molar-refractivity contribution in [3.05, 3.63) is 71.8 Å². The number of ether oxygens (including phenoxy) is 2. The molecule has 3 N–H and O–H groups in total. The third kappa shape index (κ3) is 5.87. The van der Waals surface area contributed by atoms with Gasteiger partial charge in [0, 0.05) is 20.3 Å². The number of carbonyl (C=O) groups excluding carboxylic acids is 1. The number of aliphatic hydroxyl groups is 1. The molecule has 152 valence electrons. The van der Waals surface area contributed by atoms with E-state index in [1.54, 1.807) is 0 Å². The third-order valence-electron chi connectivity index (χ3n) is 4.77. The Balaban J connectivity index is 2.03. The van der Waals surface area contributed by atoms with Crippen molar-refractivity contribution in [1.82, 2.24) is 10.6 Å². The summed E-state index contributed by atoms with van der Waals surface area (Å²) in [5.41, 5.74) is 2.00. The van der Waals surface area contributed by atoms with Crippen LogP contribution in [-0.2, 0) is 14.3 Å². The van der Waals surface area contributed by atoms with Crippen LogP contribution in [0.4, 0.5) is 0 Å². The summed E-state index contributed by atoms with van der Waals surface area (Å²) >= 11 is 0. The first-order valence-corrected chi connectivity index (χ1v) is 9.38. The van der Waals surface area contributed by atoms with Crippen molar-refractivity contribution in [3.63, 3.8) is 0 Å². The van der Waals surface area contributed by atoms with Gasteiger partial charge in [-0.1, -0.05) is 60.7 Å². The molecule has 0 spiro atoms. The Hall–Kier alpha value is -2.25. The molecule has 2 aromatic rings. The van der Waals surface area contributed by atoms with Crippen LogP contribution in [0.15, 0.2) is 60.7 Å². The van der Waals surface area contributed by atoms with Gasteiger partial charge < -0.3 is 19.9 Å². The molecule has 2 rings (SSSR count). The van der Waals surface area contributed by atoms with Crippen molar-refractivity contribution in [1.29, 1.82) is 0 Å².